The molecule has 0 saturated carbocycles. The second-order valence-electron chi connectivity index (χ2n) is 4.63. The third-order valence-electron chi connectivity index (χ3n) is 2.71. The van der Waals surface area contributed by atoms with E-state index in [1.54, 1.807) is 32.0 Å². The van der Waals surface area contributed by atoms with Gasteiger partial charge >= 0.3 is 6.03 Å². The molecular formula is C12H14ClN3O2. The summed E-state index contributed by atoms with van der Waals surface area (Å²) in [6, 6.07) is 6.70. The van der Waals surface area contributed by atoms with Crippen LogP contribution in [0, 0.1) is 0 Å². The molecule has 0 atom stereocenters. The molecule has 96 valence electrons. The predicted molar refractivity (Wildman–Crippen MR) is 69.4 cm³/mol. The van der Waals surface area contributed by atoms with Crippen LogP contribution in [0.2, 0.25) is 5.02 Å². The Hall–Kier alpha value is -1.75. The van der Waals surface area contributed by atoms with Crippen LogP contribution in [-0.4, -0.2) is 29.0 Å². The quantitative estimate of drug-likeness (QED) is 0.824. The van der Waals surface area contributed by atoms with Crippen molar-refractivity contribution in [3.05, 3.63) is 29.3 Å². The van der Waals surface area contributed by atoms with Crippen LogP contribution in [0.15, 0.2) is 24.3 Å². The number of carbonyl (C=O) groups is 2. The molecule has 1 saturated heterocycles. The van der Waals surface area contributed by atoms with Gasteiger partial charge in [0.2, 0.25) is 0 Å². The lowest BCUT2D eigenvalue weighted by molar-refractivity contribution is -0.129. The Balaban J connectivity index is 2.03. The molecule has 0 bridgehead atoms. The van der Waals surface area contributed by atoms with E-state index < -0.39 is 5.54 Å². The Morgan fingerprint density at radius 1 is 1.39 bits per heavy atom. The van der Waals surface area contributed by atoms with Crippen LogP contribution in [0.25, 0.3) is 0 Å². The lowest BCUT2D eigenvalue weighted by Crippen LogP contribution is -2.41. The monoisotopic (exact) mass is 267 g/mol. The number of halogens is 1. The van der Waals surface area contributed by atoms with Gasteiger partial charge in [0, 0.05) is 10.7 Å². The lowest BCUT2D eigenvalue weighted by atomic mass is 10.1. The molecule has 1 fully saturated rings. The summed E-state index contributed by atoms with van der Waals surface area (Å²) in [5, 5.41) is 6.19. The van der Waals surface area contributed by atoms with Gasteiger partial charge in [0.05, 0.1) is 6.67 Å². The fourth-order valence-electron chi connectivity index (χ4n) is 1.73. The summed E-state index contributed by atoms with van der Waals surface area (Å²) in [6.07, 6.45) is 0. The van der Waals surface area contributed by atoms with Gasteiger partial charge in [-0.25, -0.2) is 9.69 Å². The summed E-state index contributed by atoms with van der Waals surface area (Å²) in [6.45, 7) is 3.47. The molecule has 2 rings (SSSR count). The average molecular weight is 268 g/mol. The predicted octanol–water partition coefficient (Wildman–Crippen LogP) is 2.04. The highest BCUT2D eigenvalue weighted by atomic mass is 35.5. The number of nitrogens with zero attached hydrogens (tertiary/aromatic N) is 1. The second kappa shape index (κ2) is 4.49. The molecule has 18 heavy (non-hydrogen) atoms. The molecule has 2 N–H and O–H groups in total. The maximum Gasteiger partial charge on any atom is 0.326 e. The van der Waals surface area contributed by atoms with Gasteiger partial charge < -0.3 is 10.6 Å². The van der Waals surface area contributed by atoms with Crippen molar-refractivity contribution >= 4 is 29.2 Å². The number of rotatable bonds is 3. The van der Waals surface area contributed by atoms with Crippen LogP contribution < -0.4 is 10.6 Å². The number of nitrogens with one attached hydrogen (secondary N) is 2. The third kappa shape index (κ3) is 2.41. The van der Waals surface area contributed by atoms with E-state index in [0.29, 0.717) is 5.02 Å². The minimum atomic E-state index is -0.840. The molecular weight excluding hydrogens is 254 g/mol. The summed E-state index contributed by atoms with van der Waals surface area (Å²) in [7, 11) is 0. The molecule has 3 amide bonds. The molecule has 0 aliphatic carbocycles. The molecule has 1 aliphatic rings. The normalized spacial score (nSPS) is 17.8. The first-order valence-corrected chi connectivity index (χ1v) is 5.91. The Bertz CT molecular complexity index is 502. The molecule has 0 aromatic heterocycles. The van der Waals surface area contributed by atoms with E-state index in [2.05, 4.69) is 10.6 Å². The Morgan fingerprint density at radius 3 is 2.67 bits per heavy atom. The van der Waals surface area contributed by atoms with E-state index in [9.17, 15) is 9.59 Å². The third-order valence-corrected chi connectivity index (χ3v) is 2.95. The Labute approximate surface area is 110 Å². The first-order valence-electron chi connectivity index (χ1n) is 5.54. The molecule has 1 heterocycles. The number of hydrogen-bond acceptors (Lipinski definition) is 3. The van der Waals surface area contributed by atoms with Crippen LogP contribution >= 0.6 is 11.6 Å². The van der Waals surface area contributed by atoms with Gasteiger partial charge in [-0.05, 0) is 32.0 Å². The Kier molecular flexibility index (Phi) is 3.17. The molecule has 1 aliphatic heterocycles. The number of benzene rings is 1. The van der Waals surface area contributed by atoms with Gasteiger partial charge in [-0.3, -0.25) is 4.79 Å². The molecule has 1 aromatic carbocycles. The lowest BCUT2D eigenvalue weighted by Gasteiger charge is -2.17. The molecule has 0 spiro atoms. The topological polar surface area (TPSA) is 61.4 Å². The van der Waals surface area contributed by atoms with Gasteiger partial charge in [-0.15, -0.1) is 0 Å². The molecule has 6 heteroatoms. The van der Waals surface area contributed by atoms with Crippen LogP contribution in [0.5, 0.6) is 0 Å². The van der Waals surface area contributed by atoms with Gasteiger partial charge in [0.15, 0.2) is 0 Å². The zero-order chi connectivity index (χ0) is 13.3. The minimum absolute atomic E-state index is 0.119. The van der Waals surface area contributed by atoms with E-state index in [0.717, 1.165) is 10.6 Å². The van der Waals surface area contributed by atoms with Crippen LogP contribution in [0.1, 0.15) is 13.8 Å². The fourth-order valence-corrected chi connectivity index (χ4v) is 1.92. The molecule has 0 radical (unpaired) electrons. The SMILES string of the molecule is CC1(C)NC(=O)N(CNc2cccc(Cl)c2)C1=O. The van der Waals surface area contributed by atoms with Crippen molar-refractivity contribution in [2.24, 2.45) is 0 Å². The largest absolute Gasteiger partial charge is 0.367 e. The first kappa shape index (κ1) is 12.7. The summed E-state index contributed by atoms with van der Waals surface area (Å²) in [4.78, 5) is 24.7. The summed E-state index contributed by atoms with van der Waals surface area (Å²) >= 11 is 5.84. The number of carbonyl (C=O) groups excluding carboxylic acids is 2. The molecule has 0 unspecified atom stereocenters. The second-order valence-corrected chi connectivity index (χ2v) is 5.07. The van der Waals surface area contributed by atoms with E-state index in [1.165, 1.54) is 0 Å². The van der Waals surface area contributed by atoms with Crippen molar-refractivity contribution in [1.29, 1.82) is 0 Å². The van der Waals surface area contributed by atoms with E-state index in [1.807, 2.05) is 6.07 Å². The fraction of sp³-hybridized carbons (Fsp3) is 0.333. The van der Waals surface area contributed by atoms with E-state index in [4.69, 9.17) is 11.6 Å². The zero-order valence-corrected chi connectivity index (χ0v) is 10.9. The number of amides is 3. The van der Waals surface area contributed by atoms with Crippen molar-refractivity contribution in [2.75, 3.05) is 12.0 Å². The molecule has 1 aromatic rings. The zero-order valence-electron chi connectivity index (χ0n) is 10.2. The Morgan fingerprint density at radius 2 is 2.11 bits per heavy atom. The van der Waals surface area contributed by atoms with E-state index >= 15 is 0 Å². The van der Waals surface area contributed by atoms with Gasteiger partial charge in [0.1, 0.15) is 5.54 Å². The van der Waals surface area contributed by atoms with Gasteiger partial charge in [-0.1, -0.05) is 17.7 Å². The number of anilines is 1. The van der Waals surface area contributed by atoms with Crippen molar-refractivity contribution in [3.63, 3.8) is 0 Å². The maximum atomic E-state index is 11.9. The smallest absolute Gasteiger partial charge is 0.326 e. The van der Waals surface area contributed by atoms with Crippen molar-refractivity contribution in [1.82, 2.24) is 10.2 Å². The average Bonchev–Trinajstić information content (AvgIpc) is 2.46. The summed E-state index contributed by atoms with van der Waals surface area (Å²) in [5.74, 6) is -0.248. The van der Waals surface area contributed by atoms with Gasteiger partial charge in [-0.2, -0.15) is 0 Å². The standard InChI is InChI=1S/C12H14ClN3O2/c1-12(2)10(17)16(11(18)15-12)7-14-9-5-3-4-8(13)6-9/h3-6,14H,7H2,1-2H3,(H,15,18). The van der Waals surface area contributed by atoms with Crippen LogP contribution in [0.3, 0.4) is 0 Å². The van der Waals surface area contributed by atoms with Crippen LogP contribution in [0.4, 0.5) is 10.5 Å². The van der Waals surface area contributed by atoms with E-state index in [-0.39, 0.29) is 18.6 Å². The number of urea groups is 1. The van der Waals surface area contributed by atoms with Gasteiger partial charge in [0.25, 0.3) is 5.91 Å². The highest BCUT2D eigenvalue weighted by molar-refractivity contribution is 6.30. The number of hydrogen-bond donors (Lipinski definition) is 2. The highest BCUT2D eigenvalue weighted by Gasteiger charge is 2.43. The van der Waals surface area contributed by atoms with Crippen molar-refractivity contribution in [2.45, 2.75) is 19.4 Å². The van der Waals surface area contributed by atoms with Crippen molar-refractivity contribution in [3.8, 4) is 0 Å². The van der Waals surface area contributed by atoms with Crippen molar-refractivity contribution < 1.29 is 9.59 Å². The van der Waals surface area contributed by atoms with Crippen LogP contribution in [-0.2, 0) is 4.79 Å². The first-order chi connectivity index (χ1) is 8.40. The molecule has 5 nitrogen and oxygen atoms in total. The maximum absolute atomic E-state index is 11.9. The summed E-state index contributed by atoms with van der Waals surface area (Å²) < 4.78 is 0. The highest BCUT2D eigenvalue weighted by Crippen LogP contribution is 2.18. The minimum Gasteiger partial charge on any atom is -0.367 e. The number of imide groups is 1. The summed E-state index contributed by atoms with van der Waals surface area (Å²) in [5.41, 5.74) is -0.0830.